The summed E-state index contributed by atoms with van der Waals surface area (Å²) in [5.74, 6) is -0.453. The number of carbonyl (C=O) groups excluding carboxylic acids is 2. The van der Waals surface area contributed by atoms with Crippen LogP contribution < -0.4 is 5.32 Å². The lowest BCUT2D eigenvalue weighted by Gasteiger charge is -2.30. The fourth-order valence-corrected chi connectivity index (χ4v) is 2.00. The zero-order valence-electron chi connectivity index (χ0n) is 15.3. The molecule has 0 unspecified atom stereocenters. The van der Waals surface area contributed by atoms with Gasteiger partial charge in [-0.2, -0.15) is 0 Å². The lowest BCUT2D eigenvalue weighted by molar-refractivity contribution is -0.146. The van der Waals surface area contributed by atoms with Crippen LogP contribution in [-0.4, -0.2) is 41.5 Å². The van der Waals surface area contributed by atoms with E-state index in [0.29, 0.717) is 6.61 Å². The molecule has 0 fully saturated rings. The summed E-state index contributed by atoms with van der Waals surface area (Å²) in [4.78, 5) is 23.7. The molecule has 136 valence electrons. The van der Waals surface area contributed by atoms with E-state index in [2.05, 4.69) is 5.32 Å². The minimum Gasteiger partial charge on any atom is -0.466 e. The quantitative estimate of drug-likeness (QED) is 0.501. The Bertz CT molecular complexity index is 364. The van der Waals surface area contributed by atoms with Gasteiger partial charge in [0.15, 0.2) is 0 Å². The van der Waals surface area contributed by atoms with Gasteiger partial charge in [0, 0.05) is 0 Å². The van der Waals surface area contributed by atoms with Crippen molar-refractivity contribution in [3.63, 3.8) is 0 Å². The maximum atomic E-state index is 11.9. The fourth-order valence-electron chi connectivity index (χ4n) is 2.00. The first-order chi connectivity index (χ1) is 10.6. The number of amides is 1. The number of rotatable bonds is 9. The molecule has 1 amide bonds. The largest absolute Gasteiger partial charge is 0.466 e. The third kappa shape index (κ3) is 10.2. The summed E-state index contributed by atoms with van der Waals surface area (Å²) in [5, 5.41) is 13.0. The van der Waals surface area contributed by atoms with Gasteiger partial charge in [-0.05, 0) is 33.1 Å². The molecule has 0 aromatic carbocycles. The molecule has 0 aliphatic carbocycles. The van der Waals surface area contributed by atoms with Crippen molar-refractivity contribution in [3.05, 3.63) is 0 Å². The van der Waals surface area contributed by atoms with E-state index in [1.165, 1.54) is 0 Å². The molecule has 0 saturated heterocycles. The van der Waals surface area contributed by atoms with Gasteiger partial charge in [0.2, 0.25) is 0 Å². The Morgan fingerprint density at radius 1 is 1.22 bits per heavy atom. The summed E-state index contributed by atoms with van der Waals surface area (Å²) in [6.45, 7) is 11.5. The first kappa shape index (κ1) is 21.7. The second-order valence-electron chi connectivity index (χ2n) is 6.90. The number of hydrogen-bond donors (Lipinski definition) is 2. The Morgan fingerprint density at radius 2 is 1.83 bits per heavy atom. The highest BCUT2D eigenvalue weighted by atomic mass is 16.6. The van der Waals surface area contributed by atoms with Crippen molar-refractivity contribution >= 4 is 12.1 Å². The number of aliphatic hydroxyl groups is 1. The van der Waals surface area contributed by atoms with E-state index in [1.54, 1.807) is 20.8 Å². The number of ether oxygens (including phenoxy) is 2. The molecule has 6 heteroatoms. The zero-order valence-corrected chi connectivity index (χ0v) is 15.3. The van der Waals surface area contributed by atoms with Crippen LogP contribution in [0.3, 0.4) is 0 Å². The van der Waals surface area contributed by atoms with E-state index in [4.69, 9.17) is 9.47 Å². The van der Waals surface area contributed by atoms with Crippen LogP contribution in [0.2, 0.25) is 0 Å². The number of alkyl carbamates (subject to hydrolysis) is 1. The van der Waals surface area contributed by atoms with Crippen molar-refractivity contribution in [1.82, 2.24) is 5.32 Å². The van der Waals surface area contributed by atoms with Crippen LogP contribution in [0.25, 0.3) is 0 Å². The third-order valence-corrected chi connectivity index (χ3v) is 3.49. The molecule has 0 aliphatic rings. The molecular weight excluding hydrogens is 298 g/mol. The topological polar surface area (TPSA) is 84.9 Å². The molecule has 0 saturated carbocycles. The molecule has 6 nitrogen and oxygen atoms in total. The number of unbranched alkanes of at least 4 members (excludes halogenated alkanes) is 1. The lowest BCUT2D eigenvalue weighted by Crippen LogP contribution is -2.49. The van der Waals surface area contributed by atoms with E-state index in [1.807, 2.05) is 20.8 Å². The van der Waals surface area contributed by atoms with Crippen molar-refractivity contribution in [2.45, 2.75) is 85.0 Å². The monoisotopic (exact) mass is 331 g/mol. The standard InChI is InChI=1S/C17H33NO5/c1-7-9-10-22-14(20)11-13(19)15(12(3)8-2)18-16(21)23-17(4,5)6/h12-13,15,19H,7-11H2,1-6H3,(H,18,21)/t12-,13-,15+/m0/s1. The molecule has 0 radical (unpaired) electrons. The van der Waals surface area contributed by atoms with Gasteiger partial charge >= 0.3 is 12.1 Å². The summed E-state index contributed by atoms with van der Waals surface area (Å²) >= 11 is 0. The van der Waals surface area contributed by atoms with E-state index in [9.17, 15) is 14.7 Å². The minimum absolute atomic E-state index is 0.000889. The minimum atomic E-state index is -1.01. The molecule has 23 heavy (non-hydrogen) atoms. The zero-order chi connectivity index (χ0) is 18.0. The summed E-state index contributed by atoms with van der Waals surface area (Å²) in [5.41, 5.74) is -0.617. The Morgan fingerprint density at radius 3 is 2.30 bits per heavy atom. The molecular formula is C17H33NO5. The average molecular weight is 331 g/mol. The van der Waals surface area contributed by atoms with Crippen LogP contribution in [0.1, 0.15) is 67.2 Å². The molecule has 0 aromatic heterocycles. The molecule has 0 heterocycles. The highest BCUT2D eigenvalue weighted by Crippen LogP contribution is 2.16. The molecule has 0 aromatic rings. The van der Waals surface area contributed by atoms with Crippen LogP contribution in [0.4, 0.5) is 4.79 Å². The molecule has 2 N–H and O–H groups in total. The molecule has 0 bridgehead atoms. The first-order valence-corrected chi connectivity index (χ1v) is 8.43. The van der Waals surface area contributed by atoms with E-state index in [0.717, 1.165) is 19.3 Å². The molecule has 0 rings (SSSR count). The summed E-state index contributed by atoms with van der Waals surface area (Å²) in [6, 6.07) is -0.562. The Hall–Kier alpha value is -1.30. The van der Waals surface area contributed by atoms with Crippen LogP contribution in [0.5, 0.6) is 0 Å². The number of carbonyl (C=O) groups is 2. The Balaban J connectivity index is 4.64. The first-order valence-electron chi connectivity index (χ1n) is 8.43. The van der Waals surface area contributed by atoms with Crippen molar-refractivity contribution in [2.24, 2.45) is 5.92 Å². The highest BCUT2D eigenvalue weighted by Gasteiger charge is 2.30. The predicted octanol–water partition coefficient (Wildman–Crippen LogP) is 3.02. The number of esters is 1. The summed E-state index contributed by atoms with van der Waals surface area (Å²) < 4.78 is 10.3. The number of aliphatic hydroxyl groups excluding tert-OH is 1. The van der Waals surface area contributed by atoms with E-state index in [-0.39, 0.29) is 12.3 Å². The number of nitrogens with one attached hydrogen (secondary N) is 1. The van der Waals surface area contributed by atoms with Gasteiger partial charge in [-0.3, -0.25) is 4.79 Å². The van der Waals surface area contributed by atoms with E-state index < -0.39 is 29.8 Å². The van der Waals surface area contributed by atoms with Gasteiger partial charge in [0.1, 0.15) is 5.60 Å². The molecule has 3 atom stereocenters. The second kappa shape index (κ2) is 10.5. The molecule has 0 aliphatic heterocycles. The van der Waals surface area contributed by atoms with Gasteiger partial charge in [0.25, 0.3) is 0 Å². The van der Waals surface area contributed by atoms with Crippen molar-refractivity contribution < 1.29 is 24.2 Å². The van der Waals surface area contributed by atoms with Crippen LogP contribution in [-0.2, 0) is 14.3 Å². The normalized spacial score (nSPS) is 15.4. The predicted molar refractivity (Wildman–Crippen MR) is 89.1 cm³/mol. The van der Waals surface area contributed by atoms with Gasteiger partial charge < -0.3 is 19.9 Å². The Labute approximate surface area is 139 Å². The van der Waals surface area contributed by atoms with Crippen LogP contribution in [0, 0.1) is 5.92 Å². The van der Waals surface area contributed by atoms with Crippen molar-refractivity contribution in [3.8, 4) is 0 Å². The van der Waals surface area contributed by atoms with Crippen molar-refractivity contribution in [1.29, 1.82) is 0 Å². The van der Waals surface area contributed by atoms with Crippen LogP contribution in [0.15, 0.2) is 0 Å². The van der Waals surface area contributed by atoms with Gasteiger partial charge in [-0.15, -0.1) is 0 Å². The van der Waals surface area contributed by atoms with E-state index >= 15 is 0 Å². The van der Waals surface area contributed by atoms with Gasteiger partial charge in [0.05, 0.1) is 25.2 Å². The third-order valence-electron chi connectivity index (χ3n) is 3.49. The maximum absolute atomic E-state index is 11.9. The molecule has 0 spiro atoms. The maximum Gasteiger partial charge on any atom is 0.407 e. The highest BCUT2D eigenvalue weighted by molar-refractivity contribution is 5.71. The van der Waals surface area contributed by atoms with Crippen molar-refractivity contribution in [2.75, 3.05) is 6.61 Å². The average Bonchev–Trinajstić information content (AvgIpc) is 2.42. The fraction of sp³-hybridized carbons (Fsp3) is 0.882. The van der Waals surface area contributed by atoms with Gasteiger partial charge in [-0.25, -0.2) is 4.79 Å². The SMILES string of the molecule is CCCCOC(=O)C[C@H](O)[C@H](NC(=O)OC(C)(C)C)[C@@H](C)CC. The summed E-state index contributed by atoms with van der Waals surface area (Å²) in [7, 11) is 0. The Kier molecular flexibility index (Phi) is 9.88. The smallest absolute Gasteiger partial charge is 0.407 e. The lowest BCUT2D eigenvalue weighted by atomic mass is 9.93. The number of hydrogen-bond acceptors (Lipinski definition) is 5. The summed E-state index contributed by atoms with van der Waals surface area (Å²) in [6.07, 6.45) is 0.739. The second-order valence-corrected chi connectivity index (χ2v) is 6.90. The van der Waals surface area contributed by atoms with Gasteiger partial charge in [-0.1, -0.05) is 33.6 Å². The van der Waals surface area contributed by atoms with Crippen LogP contribution >= 0.6 is 0 Å².